The molecule has 0 fully saturated rings. The lowest BCUT2D eigenvalue weighted by molar-refractivity contribution is -0.137. The molecule has 0 aliphatic heterocycles. The summed E-state index contributed by atoms with van der Waals surface area (Å²) < 4.78 is 38.0. The summed E-state index contributed by atoms with van der Waals surface area (Å²) in [5, 5.41) is 2.46. The minimum atomic E-state index is -4.36. The third-order valence-electron chi connectivity index (χ3n) is 2.92. The standard InChI is InChI=1S/C13H8ClF3N2S/c1-6-5-20-11(10(6)14)12-18-8-3-2-7(13(15,16)17)4-9(8)19-12/h2-5H,1H3,(H,18,19). The van der Waals surface area contributed by atoms with Crippen LogP contribution in [0.25, 0.3) is 21.7 Å². The molecule has 1 N–H and O–H groups in total. The highest BCUT2D eigenvalue weighted by molar-refractivity contribution is 7.14. The van der Waals surface area contributed by atoms with E-state index in [0.29, 0.717) is 21.9 Å². The largest absolute Gasteiger partial charge is 0.416 e. The van der Waals surface area contributed by atoms with E-state index in [1.54, 1.807) is 0 Å². The molecule has 104 valence electrons. The SMILES string of the molecule is Cc1csc(-c2nc3ccc(C(F)(F)F)cc3[nH]2)c1Cl. The van der Waals surface area contributed by atoms with E-state index in [9.17, 15) is 13.2 Å². The fourth-order valence-electron chi connectivity index (χ4n) is 1.88. The van der Waals surface area contributed by atoms with E-state index in [1.165, 1.54) is 17.4 Å². The number of aromatic nitrogens is 2. The molecule has 0 saturated heterocycles. The minimum absolute atomic E-state index is 0.344. The van der Waals surface area contributed by atoms with Crippen molar-refractivity contribution in [3.8, 4) is 10.7 Å². The van der Waals surface area contributed by atoms with Gasteiger partial charge in [0, 0.05) is 0 Å². The van der Waals surface area contributed by atoms with Crippen LogP contribution in [0.15, 0.2) is 23.6 Å². The first kappa shape index (κ1) is 13.5. The molecule has 3 aromatic rings. The van der Waals surface area contributed by atoms with E-state index < -0.39 is 11.7 Å². The molecule has 7 heteroatoms. The minimum Gasteiger partial charge on any atom is -0.337 e. The average molecular weight is 317 g/mol. The van der Waals surface area contributed by atoms with Gasteiger partial charge in [0.15, 0.2) is 0 Å². The zero-order chi connectivity index (χ0) is 14.5. The summed E-state index contributed by atoms with van der Waals surface area (Å²) in [5.41, 5.74) is 1.05. The first-order valence-corrected chi connectivity index (χ1v) is 6.93. The summed E-state index contributed by atoms with van der Waals surface area (Å²) in [6, 6.07) is 3.43. The van der Waals surface area contributed by atoms with Crippen LogP contribution in [0.3, 0.4) is 0 Å². The molecule has 3 rings (SSSR count). The molecule has 0 amide bonds. The van der Waals surface area contributed by atoms with Crippen LogP contribution in [0.5, 0.6) is 0 Å². The van der Waals surface area contributed by atoms with E-state index in [1.807, 2.05) is 12.3 Å². The maximum Gasteiger partial charge on any atom is 0.416 e. The van der Waals surface area contributed by atoms with Gasteiger partial charge in [-0.15, -0.1) is 11.3 Å². The van der Waals surface area contributed by atoms with Gasteiger partial charge in [0.1, 0.15) is 5.82 Å². The molecule has 0 aliphatic rings. The lowest BCUT2D eigenvalue weighted by Gasteiger charge is -2.05. The number of H-pyrrole nitrogens is 1. The lowest BCUT2D eigenvalue weighted by Crippen LogP contribution is -2.04. The molecule has 0 spiro atoms. The van der Waals surface area contributed by atoms with Crippen molar-refractivity contribution in [2.75, 3.05) is 0 Å². The number of benzene rings is 1. The fraction of sp³-hybridized carbons (Fsp3) is 0.154. The average Bonchev–Trinajstić information content (AvgIpc) is 2.92. The molecule has 2 heterocycles. The molecule has 0 unspecified atom stereocenters. The highest BCUT2D eigenvalue weighted by Gasteiger charge is 2.30. The Morgan fingerprint density at radius 2 is 2.05 bits per heavy atom. The lowest BCUT2D eigenvalue weighted by atomic mass is 10.2. The van der Waals surface area contributed by atoms with Crippen molar-refractivity contribution in [2.24, 2.45) is 0 Å². The van der Waals surface area contributed by atoms with Crippen LogP contribution in [0.2, 0.25) is 5.02 Å². The van der Waals surface area contributed by atoms with Gasteiger partial charge in [0.2, 0.25) is 0 Å². The molecule has 20 heavy (non-hydrogen) atoms. The molecule has 2 aromatic heterocycles. The molecule has 0 saturated carbocycles. The topological polar surface area (TPSA) is 28.7 Å². The number of fused-ring (bicyclic) bond motifs is 1. The third kappa shape index (κ3) is 2.19. The number of halogens is 4. The van der Waals surface area contributed by atoms with Crippen molar-refractivity contribution in [1.82, 2.24) is 9.97 Å². The van der Waals surface area contributed by atoms with E-state index in [-0.39, 0.29) is 0 Å². The van der Waals surface area contributed by atoms with Crippen LogP contribution in [0.4, 0.5) is 13.2 Å². The highest BCUT2D eigenvalue weighted by atomic mass is 35.5. The number of hydrogen-bond donors (Lipinski definition) is 1. The Bertz CT molecular complexity index is 789. The predicted molar refractivity (Wildman–Crippen MR) is 74.2 cm³/mol. The number of imidazole rings is 1. The summed E-state index contributed by atoms with van der Waals surface area (Å²) >= 11 is 7.55. The van der Waals surface area contributed by atoms with Gasteiger partial charge < -0.3 is 4.98 Å². The quantitative estimate of drug-likeness (QED) is 0.650. The zero-order valence-corrected chi connectivity index (χ0v) is 11.7. The number of nitrogens with zero attached hydrogens (tertiary/aromatic N) is 1. The monoisotopic (exact) mass is 316 g/mol. The number of alkyl halides is 3. The molecule has 0 bridgehead atoms. The van der Waals surface area contributed by atoms with Crippen molar-refractivity contribution in [1.29, 1.82) is 0 Å². The normalized spacial score (nSPS) is 12.2. The predicted octanol–water partition coefficient (Wildman–Crippen LogP) is 5.27. The second kappa shape index (κ2) is 4.49. The van der Waals surface area contributed by atoms with E-state index in [0.717, 1.165) is 22.6 Å². The van der Waals surface area contributed by atoms with Gasteiger partial charge >= 0.3 is 6.18 Å². The number of aryl methyl sites for hydroxylation is 1. The number of nitrogens with one attached hydrogen (secondary N) is 1. The van der Waals surface area contributed by atoms with Crippen molar-refractivity contribution >= 4 is 34.0 Å². The molecule has 0 atom stereocenters. The molecule has 1 aromatic carbocycles. The van der Waals surface area contributed by atoms with Crippen molar-refractivity contribution in [2.45, 2.75) is 13.1 Å². The van der Waals surface area contributed by atoms with Gasteiger partial charge in [-0.3, -0.25) is 0 Å². The molecule has 0 aliphatic carbocycles. The summed E-state index contributed by atoms with van der Waals surface area (Å²) in [6.45, 7) is 1.87. The maximum atomic E-state index is 12.7. The van der Waals surface area contributed by atoms with Gasteiger partial charge in [0.05, 0.1) is 26.5 Å². The number of rotatable bonds is 1. The van der Waals surface area contributed by atoms with Crippen molar-refractivity contribution in [3.05, 3.63) is 39.7 Å². The van der Waals surface area contributed by atoms with E-state index >= 15 is 0 Å². The summed E-state index contributed by atoms with van der Waals surface area (Å²) in [5.74, 6) is 0.488. The molecule has 2 nitrogen and oxygen atoms in total. The van der Waals surface area contributed by atoms with Gasteiger partial charge in [-0.2, -0.15) is 13.2 Å². The third-order valence-corrected chi connectivity index (χ3v) is 4.63. The Hall–Kier alpha value is -1.53. The zero-order valence-electron chi connectivity index (χ0n) is 10.2. The summed E-state index contributed by atoms with van der Waals surface area (Å²) in [6.07, 6.45) is -4.36. The number of thiophene rings is 1. The Morgan fingerprint density at radius 1 is 1.30 bits per heavy atom. The van der Waals surface area contributed by atoms with Gasteiger partial charge in [-0.1, -0.05) is 11.6 Å². The first-order valence-electron chi connectivity index (χ1n) is 5.67. The van der Waals surface area contributed by atoms with E-state index in [2.05, 4.69) is 9.97 Å². The van der Waals surface area contributed by atoms with Crippen LogP contribution < -0.4 is 0 Å². The second-order valence-electron chi connectivity index (χ2n) is 4.38. The molecule has 0 radical (unpaired) electrons. The summed E-state index contributed by atoms with van der Waals surface area (Å²) in [7, 11) is 0. The van der Waals surface area contributed by atoms with Crippen LogP contribution in [0.1, 0.15) is 11.1 Å². The Balaban J connectivity index is 2.14. The second-order valence-corrected chi connectivity index (χ2v) is 5.63. The van der Waals surface area contributed by atoms with Gasteiger partial charge in [-0.05, 0) is 36.1 Å². The number of hydrogen-bond acceptors (Lipinski definition) is 2. The number of aromatic amines is 1. The van der Waals surface area contributed by atoms with E-state index in [4.69, 9.17) is 11.6 Å². The Morgan fingerprint density at radius 3 is 2.65 bits per heavy atom. The highest BCUT2D eigenvalue weighted by Crippen LogP contribution is 2.36. The summed E-state index contributed by atoms with van der Waals surface area (Å²) in [4.78, 5) is 7.91. The molecular weight excluding hydrogens is 309 g/mol. The Kier molecular flexibility index (Phi) is 3.02. The fourth-order valence-corrected chi connectivity index (χ4v) is 3.11. The van der Waals surface area contributed by atoms with Crippen LogP contribution in [-0.4, -0.2) is 9.97 Å². The first-order chi connectivity index (χ1) is 9.36. The molecular formula is C13H8ClF3N2S. The maximum absolute atomic E-state index is 12.7. The Labute approximate surface area is 121 Å². The van der Waals surface area contributed by atoms with Crippen LogP contribution in [-0.2, 0) is 6.18 Å². The van der Waals surface area contributed by atoms with Gasteiger partial charge in [-0.25, -0.2) is 4.98 Å². The van der Waals surface area contributed by atoms with Crippen molar-refractivity contribution < 1.29 is 13.2 Å². The van der Waals surface area contributed by atoms with Crippen molar-refractivity contribution in [3.63, 3.8) is 0 Å². The van der Waals surface area contributed by atoms with Gasteiger partial charge in [0.25, 0.3) is 0 Å². The van der Waals surface area contributed by atoms with Crippen LogP contribution in [0, 0.1) is 6.92 Å². The van der Waals surface area contributed by atoms with Crippen LogP contribution >= 0.6 is 22.9 Å². The smallest absolute Gasteiger partial charge is 0.337 e.